The number of anilines is 2. The summed E-state index contributed by atoms with van der Waals surface area (Å²) in [7, 11) is 0. The molecule has 5 nitrogen and oxygen atoms in total. The van der Waals surface area contributed by atoms with E-state index in [2.05, 4.69) is 10.6 Å². The lowest BCUT2D eigenvalue weighted by Gasteiger charge is -2.08. The summed E-state index contributed by atoms with van der Waals surface area (Å²) in [5.74, 6) is 0.00316. The van der Waals surface area contributed by atoms with Crippen LogP contribution in [0.1, 0.15) is 17.3 Å². The van der Waals surface area contributed by atoms with Crippen molar-refractivity contribution < 1.29 is 14.7 Å². The third-order valence-electron chi connectivity index (χ3n) is 2.63. The number of ketones is 1. The van der Waals surface area contributed by atoms with Gasteiger partial charge in [0, 0.05) is 23.0 Å². The van der Waals surface area contributed by atoms with Gasteiger partial charge in [-0.3, -0.25) is 4.79 Å². The molecule has 0 aliphatic heterocycles. The maximum atomic E-state index is 11.8. The minimum Gasteiger partial charge on any atom is -0.508 e. The molecule has 0 fully saturated rings. The highest BCUT2D eigenvalue weighted by Crippen LogP contribution is 2.16. The van der Waals surface area contributed by atoms with Gasteiger partial charge >= 0.3 is 6.03 Å². The number of urea groups is 1. The molecule has 0 heterocycles. The van der Waals surface area contributed by atoms with Gasteiger partial charge in [0.1, 0.15) is 5.75 Å². The first-order valence-corrected chi connectivity index (χ1v) is 6.02. The highest BCUT2D eigenvalue weighted by atomic mass is 16.3. The first-order chi connectivity index (χ1) is 9.54. The summed E-state index contributed by atoms with van der Waals surface area (Å²) in [5, 5.41) is 14.5. The van der Waals surface area contributed by atoms with Crippen LogP contribution in [0.5, 0.6) is 5.75 Å². The standard InChI is InChI=1S/C15H14N2O3/c1-10(18)11-4-2-5-12(8-11)16-15(20)17-13-6-3-7-14(19)9-13/h2-9,19H,1H3,(H2,16,17,20). The number of aromatic hydroxyl groups is 1. The fraction of sp³-hybridized carbons (Fsp3) is 0.0667. The van der Waals surface area contributed by atoms with Crippen molar-refractivity contribution in [3.05, 3.63) is 54.1 Å². The quantitative estimate of drug-likeness (QED) is 0.749. The molecule has 0 unspecified atom stereocenters. The number of phenolic OH excluding ortho intramolecular Hbond substituents is 1. The number of phenols is 1. The molecule has 0 saturated carbocycles. The van der Waals surface area contributed by atoms with Crippen molar-refractivity contribution in [1.82, 2.24) is 0 Å². The molecule has 2 aromatic rings. The number of carbonyl (C=O) groups excluding carboxylic acids is 2. The summed E-state index contributed by atoms with van der Waals surface area (Å²) in [6, 6.07) is 12.5. The molecule has 0 spiro atoms. The Morgan fingerprint density at radius 3 is 2.15 bits per heavy atom. The van der Waals surface area contributed by atoms with E-state index in [1.807, 2.05) is 0 Å². The fourth-order valence-electron chi connectivity index (χ4n) is 1.69. The lowest BCUT2D eigenvalue weighted by molar-refractivity contribution is 0.101. The van der Waals surface area contributed by atoms with E-state index in [0.29, 0.717) is 16.9 Å². The maximum Gasteiger partial charge on any atom is 0.323 e. The van der Waals surface area contributed by atoms with Gasteiger partial charge in [-0.05, 0) is 31.2 Å². The minimum absolute atomic E-state index is 0.0676. The molecule has 2 amide bonds. The van der Waals surface area contributed by atoms with Gasteiger partial charge in [-0.25, -0.2) is 4.79 Å². The van der Waals surface area contributed by atoms with E-state index < -0.39 is 6.03 Å². The van der Waals surface area contributed by atoms with Gasteiger partial charge in [0.05, 0.1) is 0 Å². The molecular formula is C15H14N2O3. The summed E-state index contributed by atoms with van der Waals surface area (Å²) in [6.45, 7) is 1.46. The van der Waals surface area contributed by atoms with Crippen molar-refractivity contribution in [2.75, 3.05) is 10.6 Å². The van der Waals surface area contributed by atoms with E-state index in [0.717, 1.165) is 0 Å². The van der Waals surface area contributed by atoms with Crippen LogP contribution in [-0.2, 0) is 0 Å². The average Bonchev–Trinajstić information content (AvgIpc) is 2.38. The molecule has 0 atom stereocenters. The van der Waals surface area contributed by atoms with Crippen molar-refractivity contribution in [3.63, 3.8) is 0 Å². The predicted octanol–water partition coefficient (Wildman–Crippen LogP) is 3.24. The minimum atomic E-state index is -0.448. The normalized spacial score (nSPS) is 9.85. The predicted molar refractivity (Wildman–Crippen MR) is 77.2 cm³/mol. The molecule has 2 rings (SSSR count). The Morgan fingerprint density at radius 1 is 0.950 bits per heavy atom. The average molecular weight is 270 g/mol. The highest BCUT2D eigenvalue weighted by Gasteiger charge is 2.05. The number of amides is 2. The van der Waals surface area contributed by atoms with Crippen LogP contribution in [0.15, 0.2) is 48.5 Å². The van der Waals surface area contributed by atoms with Gasteiger partial charge in [-0.1, -0.05) is 18.2 Å². The van der Waals surface area contributed by atoms with Crippen molar-refractivity contribution in [2.24, 2.45) is 0 Å². The number of nitrogens with one attached hydrogen (secondary N) is 2. The Bertz CT molecular complexity index is 653. The third kappa shape index (κ3) is 3.58. The molecule has 0 aliphatic rings. The van der Waals surface area contributed by atoms with Crippen molar-refractivity contribution in [1.29, 1.82) is 0 Å². The molecule has 0 aromatic heterocycles. The Balaban J connectivity index is 2.04. The Morgan fingerprint density at radius 2 is 1.55 bits per heavy atom. The van der Waals surface area contributed by atoms with Crippen LogP contribution in [0.4, 0.5) is 16.2 Å². The fourth-order valence-corrected chi connectivity index (χ4v) is 1.69. The number of hydrogen-bond acceptors (Lipinski definition) is 3. The van der Waals surface area contributed by atoms with Gasteiger partial charge in [-0.15, -0.1) is 0 Å². The molecule has 102 valence electrons. The molecule has 0 saturated heterocycles. The van der Waals surface area contributed by atoms with Crippen LogP contribution in [-0.4, -0.2) is 16.9 Å². The highest BCUT2D eigenvalue weighted by molar-refractivity contribution is 6.01. The van der Waals surface area contributed by atoms with E-state index in [-0.39, 0.29) is 11.5 Å². The molecule has 0 aliphatic carbocycles. The Kier molecular flexibility index (Phi) is 4.00. The summed E-state index contributed by atoms with van der Waals surface area (Å²) in [5.41, 5.74) is 1.53. The van der Waals surface area contributed by atoms with E-state index in [9.17, 15) is 14.7 Å². The molecular weight excluding hydrogens is 256 g/mol. The second-order valence-electron chi connectivity index (χ2n) is 4.27. The van der Waals surface area contributed by atoms with Gasteiger partial charge in [-0.2, -0.15) is 0 Å². The zero-order chi connectivity index (χ0) is 14.5. The summed E-state index contributed by atoms with van der Waals surface area (Å²) in [4.78, 5) is 23.0. The van der Waals surface area contributed by atoms with Crippen LogP contribution < -0.4 is 10.6 Å². The summed E-state index contributed by atoms with van der Waals surface area (Å²) >= 11 is 0. The van der Waals surface area contributed by atoms with Gasteiger partial charge < -0.3 is 15.7 Å². The SMILES string of the molecule is CC(=O)c1cccc(NC(=O)Nc2cccc(O)c2)c1. The van der Waals surface area contributed by atoms with Crippen LogP contribution in [0, 0.1) is 0 Å². The zero-order valence-corrected chi connectivity index (χ0v) is 10.9. The molecule has 0 bridgehead atoms. The van der Waals surface area contributed by atoms with E-state index >= 15 is 0 Å². The first kappa shape index (κ1) is 13.6. The van der Waals surface area contributed by atoms with E-state index in [1.165, 1.54) is 19.1 Å². The maximum absolute atomic E-state index is 11.8. The van der Waals surface area contributed by atoms with Crippen LogP contribution in [0.2, 0.25) is 0 Å². The third-order valence-corrected chi connectivity index (χ3v) is 2.63. The van der Waals surface area contributed by atoms with E-state index in [1.54, 1.807) is 36.4 Å². The lowest BCUT2D eigenvalue weighted by Crippen LogP contribution is -2.19. The number of rotatable bonds is 3. The number of Topliss-reactive ketones (excluding diaryl/α,β-unsaturated/α-hetero) is 1. The van der Waals surface area contributed by atoms with Crippen molar-refractivity contribution in [3.8, 4) is 5.75 Å². The molecule has 0 radical (unpaired) electrons. The molecule has 2 aromatic carbocycles. The topological polar surface area (TPSA) is 78.4 Å². The van der Waals surface area contributed by atoms with Crippen LogP contribution in [0.25, 0.3) is 0 Å². The lowest BCUT2D eigenvalue weighted by atomic mass is 10.1. The summed E-state index contributed by atoms with van der Waals surface area (Å²) in [6.07, 6.45) is 0. The van der Waals surface area contributed by atoms with Crippen LogP contribution >= 0.6 is 0 Å². The monoisotopic (exact) mass is 270 g/mol. The molecule has 20 heavy (non-hydrogen) atoms. The smallest absolute Gasteiger partial charge is 0.323 e. The van der Waals surface area contributed by atoms with E-state index in [4.69, 9.17) is 0 Å². The summed E-state index contributed by atoms with van der Waals surface area (Å²) < 4.78 is 0. The van der Waals surface area contributed by atoms with Crippen molar-refractivity contribution >= 4 is 23.2 Å². The number of carbonyl (C=O) groups is 2. The number of benzene rings is 2. The Hall–Kier alpha value is -2.82. The zero-order valence-electron chi connectivity index (χ0n) is 10.9. The van der Waals surface area contributed by atoms with Crippen molar-refractivity contribution in [2.45, 2.75) is 6.92 Å². The van der Waals surface area contributed by atoms with Gasteiger partial charge in [0.25, 0.3) is 0 Å². The van der Waals surface area contributed by atoms with Gasteiger partial charge in [0.15, 0.2) is 5.78 Å². The Labute approximate surface area is 116 Å². The second-order valence-corrected chi connectivity index (χ2v) is 4.27. The van der Waals surface area contributed by atoms with Crippen LogP contribution in [0.3, 0.4) is 0 Å². The number of hydrogen-bond donors (Lipinski definition) is 3. The molecule has 5 heteroatoms. The van der Waals surface area contributed by atoms with Gasteiger partial charge in [0.2, 0.25) is 0 Å². The molecule has 3 N–H and O–H groups in total. The first-order valence-electron chi connectivity index (χ1n) is 6.02. The largest absolute Gasteiger partial charge is 0.508 e. The second kappa shape index (κ2) is 5.88.